The Bertz CT molecular complexity index is 801. The molecule has 1 heterocycles. The maximum Gasteiger partial charge on any atom is 0.273 e. The third-order valence-corrected chi connectivity index (χ3v) is 3.94. The summed E-state index contributed by atoms with van der Waals surface area (Å²) >= 11 is 1.31. The highest BCUT2D eigenvalue weighted by Gasteiger charge is 2.17. The highest BCUT2D eigenvalue weighted by atomic mass is 32.1. The van der Waals surface area contributed by atoms with Crippen molar-refractivity contribution in [1.82, 2.24) is 14.9 Å². The predicted octanol–water partition coefficient (Wildman–Crippen LogP) is 1.88. The number of carbonyl (C=O) groups excluding carboxylic acids is 1. The highest BCUT2D eigenvalue weighted by Crippen LogP contribution is 2.14. The zero-order valence-corrected chi connectivity index (χ0v) is 15.3. The Labute approximate surface area is 149 Å². The lowest BCUT2D eigenvalue weighted by molar-refractivity contribution is -0.114. The van der Waals surface area contributed by atoms with Gasteiger partial charge in [0.15, 0.2) is 5.71 Å². The van der Waals surface area contributed by atoms with Crippen LogP contribution in [0, 0.1) is 6.92 Å². The molecule has 0 saturated carbocycles. The largest absolute Gasteiger partial charge is 0.398 e. The van der Waals surface area contributed by atoms with E-state index in [0.29, 0.717) is 17.0 Å². The minimum Gasteiger partial charge on any atom is -0.398 e. The molecule has 0 radical (unpaired) electrons. The van der Waals surface area contributed by atoms with Crippen molar-refractivity contribution < 1.29 is 14.5 Å². The van der Waals surface area contributed by atoms with E-state index in [9.17, 15) is 4.79 Å². The Morgan fingerprint density at radius 2 is 2.08 bits per heavy atom. The van der Waals surface area contributed by atoms with Gasteiger partial charge in [-0.1, -0.05) is 39.1 Å². The molecule has 0 atom stereocenters. The second-order valence-electron chi connectivity index (χ2n) is 4.99. The van der Waals surface area contributed by atoms with Crippen molar-refractivity contribution in [1.29, 1.82) is 0 Å². The first-order chi connectivity index (χ1) is 12.1. The van der Waals surface area contributed by atoms with Crippen LogP contribution in [0.2, 0.25) is 0 Å². The summed E-state index contributed by atoms with van der Waals surface area (Å²) in [5.41, 5.74) is 2.89. The Morgan fingerprint density at radius 3 is 2.72 bits per heavy atom. The van der Waals surface area contributed by atoms with Crippen molar-refractivity contribution in [3.8, 4) is 0 Å². The second-order valence-corrected chi connectivity index (χ2v) is 5.94. The van der Waals surface area contributed by atoms with Crippen molar-refractivity contribution in [2.75, 3.05) is 14.2 Å². The van der Waals surface area contributed by atoms with Gasteiger partial charge in [0.1, 0.15) is 25.1 Å². The van der Waals surface area contributed by atoms with Crippen LogP contribution in [-0.4, -0.2) is 41.1 Å². The van der Waals surface area contributed by atoms with Gasteiger partial charge in [0.05, 0.1) is 4.88 Å². The Morgan fingerprint density at radius 1 is 1.32 bits per heavy atom. The number of amides is 1. The number of oxime groups is 2. The van der Waals surface area contributed by atoms with Crippen molar-refractivity contribution in [2.45, 2.75) is 20.5 Å². The third-order valence-electron chi connectivity index (χ3n) is 3.31. The fraction of sp³-hybridized carbons (Fsp3) is 0.312. The van der Waals surface area contributed by atoms with E-state index in [-0.39, 0.29) is 18.2 Å². The van der Waals surface area contributed by atoms with Crippen LogP contribution < -0.4 is 5.32 Å². The van der Waals surface area contributed by atoms with Gasteiger partial charge in [-0.15, -0.1) is 5.10 Å². The molecule has 2 aromatic rings. The molecule has 0 saturated heterocycles. The molecule has 9 heteroatoms. The predicted molar refractivity (Wildman–Crippen MR) is 95.7 cm³/mol. The van der Waals surface area contributed by atoms with Gasteiger partial charge in [0.25, 0.3) is 5.91 Å². The van der Waals surface area contributed by atoms with E-state index in [4.69, 9.17) is 9.68 Å². The van der Waals surface area contributed by atoms with Crippen LogP contribution >= 0.6 is 11.5 Å². The van der Waals surface area contributed by atoms with Gasteiger partial charge in [0, 0.05) is 18.2 Å². The SMILES string of the molecule is CNC(=O)/C(=N\OC)c1ccccc1CO/N=C(/C)c1nnsc1C. The van der Waals surface area contributed by atoms with Crippen LogP contribution in [0.1, 0.15) is 28.6 Å². The summed E-state index contributed by atoms with van der Waals surface area (Å²) in [6.07, 6.45) is 0. The molecule has 1 N–H and O–H groups in total. The van der Waals surface area contributed by atoms with Crippen molar-refractivity contribution in [2.24, 2.45) is 10.3 Å². The molecule has 8 nitrogen and oxygen atoms in total. The number of benzene rings is 1. The van der Waals surface area contributed by atoms with Gasteiger partial charge >= 0.3 is 0 Å². The molecule has 132 valence electrons. The Hall–Kier alpha value is -2.81. The molecule has 25 heavy (non-hydrogen) atoms. The zero-order chi connectivity index (χ0) is 18.2. The van der Waals surface area contributed by atoms with E-state index < -0.39 is 0 Å². The van der Waals surface area contributed by atoms with E-state index >= 15 is 0 Å². The Kier molecular flexibility index (Phi) is 6.58. The van der Waals surface area contributed by atoms with Gasteiger partial charge in [-0.05, 0) is 25.4 Å². The van der Waals surface area contributed by atoms with Crippen molar-refractivity contribution >= 4 is 28.9 Å². The van der Waals surface area contributed by atoms with Crippen LogP contribution in [0.25, 0.3) is 0 Å². The summed E-state index contributed by atoms with van der Waals surface area (Å²) in [6, 6.07) is 7.27. The van der Waals surface area contributed by atoms with Gasteiger partial charge in [0.2, 0.25) is 0 Å². The van der Waals surface area contributed by atoms with Crippen molar-refractivity contribution in [3.63, 3.8) is 0 Å². The maximum atomic E-state index is 12.0. The lowest BCUT2D eigenvalue weighted by Gasteiger charge is -2.10. The smallest absolute Gasteiger partial charge is 0.273 e. The molecule has 1 aromatic carbocycles. The summed E-state index contributed by atoms with van der Waals surface area (Å²) in [5, 5.41) is 14.5. The van der Waals surface area contributed by atoms with E-state index in [0.717, 1.165) is 10.4 Å². The normalized spacial score (nSPS) is 12.0. The van der Waals surface area contributed by atoms with Gasteiger partial charge in [-0.25, -0.2) is 0 Å². The van der Waals surface area contributed by atoms with Crippen LogP contribution in [0.15, 0.2) is 34.6 Å². The fourth-order valence-corrected chi connectivity index (χ4v) is 2.62. The minimum atomic E-state index is -0.349. The Balaban J connectivity index is 2.19. The number of hydrogen-bond acceptors (Lipinski definition) is 8. The van der Waals surface area contributed by atoms with E-state index in [2.05, 4.69) is 25.2 Å². The molecule has 2 rings (SSSR count). The molecule has 0 aliphatic heterocycles. The summed E-state index contributed by atoms with van der Waals surface area (Å²) < 4.78 is 3.88. The summed E-state index contributed by atoms with van der Waals surface area (Å²) in [5.74, 6) is -0.349. The molecular weight excluding hydrogens is 342 g/mol. The first kappa shape index (κ1) is 18.5. The molecule has 0 bridgehead atoms. The van der Waals surface area contributed by atoms with Crippen LogP contribution in [0.5, 0.6) is 0 Å². The third kappa shape index (κ3) is 4.60. The van der Waals surface area contributed by atoms with Gasteiger partial charge in [-0.2, -0.15) is 0 Å². The highest BCUT2D eigenvalue weighted by molar-refractivity contribution is 7.05. The molecule has 0 aliphatic carbocycles. The number of rotatable bonds is 7. The van der Waals surface area contributed by atoms with Gasteiger partial charge in [-0.3, -0.25) is 4.79 Å². The molecule has 0 fully saturated rings. The molecule has 0 aliphatic rings. The second kappa shape index (κ2) is 8.88. The standard InChI is InChI=1S/C16H19N5O3S/c1-10(14-11(2)25-21-18-14)19-24-9-12-7-5-6-8-13(12)15(20-23-4)16(22)17-3/h5-8H,9H2,1-4H3,(H,17,22)/b19-10-,20-15-. The number of hydrogen-bond donors (Lipinski definition) is 1. The maximum absolute atomic E-state index is 12.0. The molecule has 1 aromatic heterocycles. The first-order valence-electron chi connectivity index (χ1n) is 7.45. The average molecular weight is 361 g/mol. The number of carbonyl (C=O) groups is 1. The number of aryl methyl sites for hydroxylation is 1. The fourth-order valence-electron chi connectivity index (χ4n) is 2.10. The topological polar surface area (TPSA) is 98.1 Å². The number of nitrogens with zero attached hydrogens (tertiary/aromatic N) is 4. The summed E-state index contributed by atoms with van der Waals surface area (Å²) in [4.78, 5) is 23.2. The molecule has 0 spiro atoms. The minimum absolute atomic E-state index is 0.170. The first-order valence-corrected chi connectivity index (χ1v) is 8.23. The monoisotopic (exact) mass is 361 g/mol. The van der Waals surface area contributed by atoms with Crippen LogP contribution in [0.3, 0.4) is 0 Å². The van der Waals surface area contributed by atoms with Crippen molar-refractivity contribution in [3.05, 3.63) is 46.0 Å². The van der Waals surface area contributed by atoms with E-state index in [1.54, 1.807) is 13.0 Å². The lowest BCUT2D eigenvalue weighted by atomic mass is 10.0. The van der Waals surface area contributed by atoms with Crippen LogP contribution in [-0.2, 0) is 21.1 Å². The van der Waals surface area contributed by atoms with E-state index in [1.165, 1.54) is 25.7 Å². The van der Waals surface area contributed by atoms with Crippen LogP contribution in [0.4, 0.5) is 0 Å². The molecular formula is C16H19N5O3S. The lowest BCUT2D eigenvalue weighted by Crippen LogP contribution is -2.29. The quantitative estimate of drug-likeness (QED) is 0.600. The van der Waals surface area contributed by atoms with Gasteiger partial charge < -0.3 is 15.0 Å². The molecule has 1 amide bonds. The zero-order valence-electron chi connectivity index (χ0n) is 14.4. The molecule has 0 unspecified atom stereocenters. The van der Waals surface area contributed by atoms with E-state index in [1.807, 2.05) is 25.1 Å². The summed E-state index contributed by atoms with van der Waals surface area (Å²) in [7, 11) is 2.92. The average Bonchev–Trinajstić information content (AvgIpc) is 3.05. The number of aromatic nitrogens is 2. The number of nitrogens with one attached hydrogen (secondary N) is 1. The number of likely N-dealkylation sites (N-methyl/N-ethyl adjacent to an activating group) is 1. The summed E-state index contributed by atoms with van der Waals surface area (Å²) in [6.45, 7) is 3.90.